The van der Waals surface area contributed by atoms with E-state index in [1.807, 2.05) is 11.0 Å². The fraction of sp³-hybridized carbons (Fsp3) is 0.458. The molecular weight excluding hydrogens is 388 g/mol. The zero-order valence-electron chi connectivity index (χ0n) is 17.0. The molecule has 2 aromatic rings. The van der Waals surface area contributed by atoms with Crippen molar-refractivity contribution in [1.82, 2.24) is 4.90 Å². The van der Waals surface area contributed by atoms with Crippen molar-refractivity contribution >= 4 is 5.91 Å². The molecule has 2 aliphatic heterocycles. The van der Waals surface area contributed by atoms with Gasteiger partial charge in [0.25, 0.3) is 5.91 Å². The van der Waals surface area contributed by atoms with Crippen molar-refractivity contribution in [2.24, 2.45) is 5.92 Å². The molecule has 4 rings (SSSR count). The van der Waals surface area contributed by atoms with Crippen LogP contribution in [0, 0.1) is 17.6 Å². The lowest BCUT2D eigenvalue weighted by molar-refractivity contribution is -0.148. The molecule has 1 atom stereocenters. The lowest BCUT2D eigenvalue weighted by atomic mass is 9.77. The standard InChI is InChI=1S/C24H27F2NO3/c25-20-4-6-22(7-5-20)29-17-23(28)27-11-9-24(10-12-27)16-19(8-13-30-24)14-18-2-1-3-21(26)15-18/h1-7,15,19H,8-14,16-17H2. The molecule has 0 radical (unpaired) electrons. The molecule has 1 amide bonds. The predicted molar refractivity (Wildman–Crippen MR) is 109 cm³/mol. The Kier molecular flexibility index (Phi) is 6.32. The van der Waals surface area contributed by atoms with Crippen LogP contribution in [0.25, 0.3) is 0 Å². The van der Waals surface area contributed by atoms with E-state index in [0.29, 0.717) is 31.4 Å². The van der Waals surface area contributed by atoms with Crippen LogP contribution in [0.3, 0.4) is 0 Å². The van der Waals surface area contributed by atoms with Gasteiger partial charge < -0.3 is 14.4 Å². The van der Waals surface area contributed by atoms with Gasteiger partial charge in [-0.05, 0) is 80.0 Å². The average molecular weight is 415 g/mol. The zero-order valence-corrected chi connectivity index (χ0v) is 17.0. The van der Waals surface area contributed by atoms with Gasteiger partial charge in [0.2, 0.25) is 0 Å². The third-order valence-corrected chi connectivity index (χ3v) is 6.21. The van der Waals surface area contributed by atoms with E-state index in [1.54, 1.807) is 12.1 Å². The van der Waals surface area contributed by atoms with Crippen LogP contribution in [-0.2, 0) is 16.0 Å². The summed E-state index contributed by atoms with van der Waals surface area (Å²) in [5, 5.41) is 0. The number of amides is 1. The quantitative estimate of drug-likeness (QED) is 0.728. The van der Waals surface area contributed by atoms with Crippen LogP contribution in [0.15, 0.2) is 48.5 Å². The highest BCUT2D eigenvalue weighted by molar-refractivity contribution is 5.77. The molecular formula is C24H27F2NO3. The predicted octanol–water partition coefficient (Wildman–Crippen LogP) is 4.37. The van der Waals surface area contributed by atoms with Crippen molar-refractivity contribution in [3.63, 3.8) is 0 Å². The summed E-state index contributed by atoms with van der Waals surface area (Å²) >= 11 is 0. The van der Waals surface area contributed by atoms with Gasteiger partial charge in [-0.3, -0.25) is 4.79 Å². The van der Waals surface area contributed by atoms with Gasteiger partial charge in [0.05, 0.1) is 5.60 Å². The Bertz CT molecular complexity index is 863. The summed E-state index contributed by atoms with van der Waals surface area (Å²) in [4.78, 5) is 14.3. The van der Waals surface area contributed by atoms with E-state index >= 15 is 0 Å². The SMILES string of the molecule is O=C(COc1ccc(F)cc1)N1CCC2(CC1)CC(Cc1cccc(F)c1)CCO2. The molecule has 2 fully saturated rings. The number of hydrogen-bond donors (Lipinski definition) is 0. The molecule has 1 spiro atoms. The molecule has 6 heteroatoms. The first kappa shape index (κ1) is 20.8. The maximum atomic E-state index is 13.5. The fourth-order valence-corrected chi connectivity index (χ4v) is 4.58. The first-order valence-electron chi connectivity index (χ1n) is 10.6. The molecule has 2 aromatic carbocycles. The van der Waals surface area contributed by atoms with E-state index < -0.39 is 0 Å². The Hall–Kier alpha value is -2.47. The Morgan fingerprint density at radius 3 is 2.60 bits per heavy atom. The third-order valence-electron chi connectivity index (χ3n) is 6.21. The lowest BCUT2D eigenvalue weighted by Gasteiger charge is -2.46. The molecule has 0 saturated carbocycles. The summed E-state index contributed by atoms with van der Waals surface area (Å²) in [5.74, 6) is 0.349. The maximum Gasteiger partial charge on any atom is 0.260 e. The molecule has 0 aliphatic carbocycles. The van der Waals surface area contributed by atoms with Gasteiger partial charge in [0.15, 0.2) is 6.61 Å². The van der Waals surface area contributed by atoms with Gasteiger partial charge in [0.1, 0.15) is 17.4 Å². The second-order valence-corrected chi connectivity index (χ2v) is 8.35. The number of hydrogen-bond acceptors (Lipinski definition) is 3. The summed E-state index contributed by atoms with van der Waals surface area (Å²) in [6.45, 7) is 1.93. The van der Waals surface area contributed by atoms with Gasteiger partial charge >= 0.3 is 0 Å². The number of rotatable bonds is 5. The number of likely N-dealkylation sites (tertiary alicyclic amines) is 1. The normalized spacial score (nSPS) is 20.9. The average Bonchev–Trinajstić information content (AvgIpc) is 2.74. The minimum Gasteiger partial charge on any atom is -0.484 e. The van der Waals surface area contributed by atoms with E-state index in [9.17, 15) is 13.6 Å². The highest BCUT2D eigenvalue weighted by atomic mass is 19.1. The molecule has 0 bridgehead atoms. The first-order valence-corrected chi connectivity index (χ1v) is 10.6. The van der Waals surface area contributed by atoms with Gasteiger partial charge in [-0.2, -0.15) is 0 Å². The van der Waals surface area contributed by atoms with Crippen molar-refractivity contribution in [3.8, 4) is 5.75 Å². The highest BCUT2D eigenvalue weighted by Gasteiger charge is 2.41. The van der Waals surface area contributed by atoms with Crippen molar-refractivity contribution in [2.75, 3.05) is 26.3 Å². The van der Waals surface area contributed by atoms with Crippen LogP contribution >= 0.6 is 0 Å². The van der Waals surface area contributed by atoms with E-state index in [1.165, 1.54) is 30.3 Å². The zero-order chi connectivity index (χ0) is 21.0. The van der Waals surface area contributed by atoms with Gasteiger partial charge in [-0.15, -0.1) is 0 Å². The number of nitrogens with zero attached hydrogens (tertiary/aromatic N) is 1. The molecule has 160 valence electrons. The summed E-state index contributed by atoms with van der Waals surface area (Å²) in [7, 11) is 0. The smallest absolute Gasteiger partial charge is 0.260 e. The Morgan fingerprint density at radius 1 is 1.10 bits per heavy atom. The van der Waals surface area contributed by atoms with Crippen LogP contribution in [0.2, 0.25) is 0 Å². The summed E-state index contributed by atoms with van der Waals surface area (Å²) in [6.07, 6.45) is 4.38. The van der Waals surface area contributed by atoms with Crippen molar-refractivity contribution in [1.29, 1.82) is 0 Å². The second-order valence-electron chi connectivity index (χ2n) is 8.35. The maximum absolute atomic E-state index is 13.5. The molecule has 30 heavy (non-hydrogen) atoms. The summed E-state index contributed by atoms with van der Waals surface area (Å²) in [5.41, 5.74) is 0.841. The molecule has 2 saturated heterocycles. The largest absolute Gasteiger partial charge is 0.484 e. The number of carbonyl (C=O) groups is 1. The van der Waals surface area contributed by atoms with Crippen LogP contribution in [0.4, 0.5) is 8.78 Å². The van der Waals surface area contributed by atoms with E-state index in [0.717, 1.165) is 37.7 Å². The number of carbonyl (C=O) groups excluding carboxylic acids is 1. The van der Waals surface area contributed by atoms with Gasteiger partial charge in [0, 0.05) is 19.7 Å². The first-order chi connectivity index (χ1) is 14.5. The molecule has 0 aromatic heterocycles. The summed E-state index contributed by atoms with van der Waals surface area (Å²) in [6, 6.07) is 12.5. The minimum atomic E-state index is -0.335. The van der Waals surface area contributed by atoms with E-state index in [4.69, 9.17) is 9.47 Å². The Balaban J connectivity index is 1.27. The minimum absolute atomic E-state index is 0.0539. The van der Waals surface area contributed by atoms with Crippen molar-refractivity contribution in [2.45, 2.75) is 37.7 Å². The van der Waals surface area contributed by atoms with Gasteiger partial charge in [-0.1, -0.05) is 12.1 Å². The molecule has 4 nitrogen and oxygen atoms in total. The van der Waals surface area contributed by atoms with Crippen LogP contribution in [0.1, 0.15) is 31.2 Å². The monoisotopic (exact) mass is 415 g/mol. The van der Waals surface area contributed by atoms with Crippen LogP contribution in [0.5, 0.6) is 5.75 Å². The highest BCUT2D eigenvalue weighted by Crippen LogP contribution is 2.38. The van der Waals surface area contributed by atoms with E-state index in [2.05, 4.69) is 0 Å². The Labute approximate surface area is 175 Å². The van der Waals surface area contributed by atoms with Gasteiger partial charge in [-0.25, -0.2) is 8.78 Å². The number of benzene rings is 2. The van der Waals surface area contributed by atoms with E-state index in [-0.39, 0.29) is 29.7 Å². The van der Waals surface area contributed by atoms with Crippen LogP contribution in [-0.4, -0.2) is 42.7 Å². The number of ether oxygens (including phenoxy) is 2. The second kappa shape index (κ2) is 9.13. The lowest BCUT2D eigenvalue weighted by Crippen LogP contribution is -2.51. The molecule has 1 unspecified atom stereocenters. The van der Waals surface area contributed by atoms with Crippen LogP contribution < -0.4 is 4.74 Å². The molecule has 0 N–H and O–H groups in total. The number of halogens is 2. The number of piperidine rings is 1. The Morgan fingerprint density at radius 2 is 1.87 bits per heavy atom. The summed E-state index contributed by atoms with van der Waals surface area (Å²) < 4.78 is 38.1. The van der Waals surface area contributed by atoms with Crippen molar-refractivity contribution < 1.29 is 23.0 Å². The fourth-order valence-electron chi connectivity index (χ4n) is 4.58. The molecule has 2 aliphatic rings. The van der Waals surface area contributed by atoms with Crippen molar-refractivity contribution in [3.05, 3.63) is 65.7 Å². The molecule has 2 heterocycles. The topological polar surface area (TPSA) is 38.8 Å². The third kappa shape index (κ3) is 5.17.